The highest BCUT2D eigenvalue weighted by molar-refractivity contribution is 7.13. The number of benzene rings is 1. The molecule has 0 atom stereocenters. The fraction of sp³-hybridized carbons (Fsp3) is 0.318. The zero-order valence-electron chi connectivity index (χ0n) is 17.1. The minimum absolute atomic E-state index is 0.114. The monoisotopic (exact) mass is 441 g/mol. The molecule has 1 amide bonds. The van der Waals surface area contributed by atoms with Crippen LogP contribution < -0.4 is 10.2 Å². The Labute approximate surface area is 185 Å². The smallest absolute Gasteiger partial charge is 0.228 e. The van der Waals surface area contributed by atoms with E-state index in [4.69, 9.17) is 11.6 Å². The average Bonchev–Trinajstić information content (AvgIpc) is 3.16. The summed E-state index contributed by atoms with van der Waals surface area (Å²) in [5, 5.41) is 6.62. The molecule has 1 aliphatic heterocycles. The van der Waals surface area contributed by atoms with Crippen LogP contribution in [0.25, 0.3) is 0 Å². The van der Waals surface area contributed by atoms with Crippen LogP contribution in [0.1, 0.15) is 16.8 Å². The molecule has 8 heteroatoms. The van der Waals surface area contributed by atoms with Gasteiger partial charge in [0, 0.05) is 48.5 Å². The lowest BCUT2D eigenvalue weighted by Gasteiger charge is -2.36. The van der Waals surface area contributed by atoms with Gasteiger partial charge in [-0.15, -0.1) is 11.3 Å². The maximum Gasteiger partial charge on any atom is 0.228 e. The number of piperazine rings is 1. The Kier molecular flexibility index (Phi) is 6.20. The van der Waals surface area contributed by atoms with Gasteiger partial charge in [-0.3, -0.25) is 4.79 Å². The maximum absolute atomic E-state index is 12.8. The highest BCUT2D eigenvalue weighted by Gasteiger charge is 2.23. The summed E-state index contributed by atoms with van der Waals surface area (Å²) < 4.78 is 0. The van der Waals surface area contributed by atoms with Crippen LogP contribution in [0.3, 0.4) is 0 Å². The Bertz CT molecular complexity index is 1050. The van der Waals surface area contributed by atoms with Crippen molar-refractivity contribution in [2.45, 2.75) is 20.3 Å². The lowest BCUT2D eigenvalue weighted by atomic mass is 10.1. The minimum atomic E-state index is 0.114. The van der Waals surface area contributed by atoms with Crippen molar-refractivity contribution in [3.05, 3.63) is 63.8 Å². The van der Waals surface area contributed by atoms with Crippen LogP contribution in [0, 0.1) is 13.8 Å². The number of pyridine rings is 1. The number of nitrogens with zero attached hydrogens (tertiary/aromatic N) is 4. The lowest BCUT2D eigenvalue weighted by molar-refractivity contribution is -0.130. The third kappa shape index (κ3) is 4.91. The quantitative estimate of drug-likeness (QED) is 0.634. The van der Waals surface area contributed by atoms with Gasteiger partial charge < -0.3 is 15.1 Å². The third-order valence-corrected chi connectivity index (χ3v) is 6.22. The first kappa shape index (κ1) is 20.6. The van der Waals surface area contributed by atoms with Crippen molar-refractivity contribution in [3.8, 4) is 0 Å². The van der Waals surface area contributed by atoms with Gasteiger partial charge in [0.25, 0.3) is 0 Å². The molecule has 30 heavy (non-hydrogen) atoms. The maximum atomic E-state index is 12.8. The Hall–Kier alpha value is -2.64. The SMILES string of the molecule is Cc1ccnc(Nc2nc(CC(=O)N3CCN(c4cc(Cl)ccc4C)CC3)cs2)c1. The molecule has 3 aromatic rings. The molecule has 3 heterocycles. The topological polar surface area (TPSA) is 61.4 Å². The summed E-state index contributed by atoms with van der Waals surface area (Å²) >= 11 is 7.65. The molecule has 1 N–H and O–H groups in total. The predicted molar refractivity (Wildman–Crippen MR) is 123 cm³/mol. The van der Waals surface area contributed by atoms with E-state index in [1.807, 2.05) is 47.5 Å². The normalized spacial score (nSPS) is 14.1. The van der Waals surface area contributed by atoms with Crippen molar-refractivity contribution >= 4 is 45.5 Å². The molecule has 1 saturated heterocycles. The van der Waals surface area contributed by atoms with Crippen LogP contribution in [-0.4, -0.2) is 47.0 Å². The van der Waals surface area contributed by atoms with Crippen LogP contribution in [0.5, 0.6) is 0 Å². The molecule has 0 aliphatic carbocycles. The van der Waals surface area contributed by atoms with Gasteiger partial charge in [0.05, 0.1) is 12.1 Å². The van der Waals surface area contributed by atoms with Gasteiger partial charge in [-0.05, 0) is 49.2 Å². The van der Waals surface area contributed by atoms with E-state index in [2.05, 4.69) is 27.1 Å². The molecule has 1 aromatic carbocycles. The van der Waals surface area contributed by atoms with E-state index in [9.17, 15) is 4.79 Å². The van der Waals surface area contributed by atoms with Crippen LogP contribution >= 0.6 is 22.9 Å². The summed E-state index contributed by atoms with van der Waals surface area (Å²) in [6, 6.07) is 9.86. The first-order valence-electron chi connectivity index (χ1n) is 9.91. The molecule has 0 spiro atoms. The van der Waals surface area contributed by atoms with E-state index < -0.39 is 0 Å². The standard InChI is InChI=1S/C22H24ClN5OS/c1-15-5-6-24-20(11-15)26-22-25-18(14-30-22)13-21(29)28-9-7-27(8-10-28)19-12-17(23)4-3-16(19)2/h3-6,11-12,14H,7-10,13H2,1-2H3,(H,24,25,26). The fourth-order valence-electron chi connectivity index (χ4n) is 3.55. The summed E-state index contributed by atoms with van der Waals surface area (Å²) in [6.45, 7) is 7.11. The summed E-state index contributed by atoms with van der Waals surface area (Å²) in [7, 11) is 0. The summed E-state index contributed by atoms with van der Waals surface area (Å²) in [5.41, 5.74) is 4.26. The number of hydrogen-bond acceptors (Lipinski definition) is 6. The molecular formula is C22H24ClN5OS. The number of aryl methyl sites for hydroxylation is 2. The van der Waals surface area contributed by atoms with E-state index in [1.165, 1.54) is 16.9 Å². The largest absolute Gasteiger partial charge is 0.368 e. The number of thiazole rings is 1. The molecule has 0 saturated carbocycles. The number of halogens is 1. The van der Waals surface area contributed by atoms with Crippen molar-refractivity contribution in [2.75, 3.05) is 36.4 Å². The van der Waals surface area contributed by atoms with E-state index >= 15 is 0 Å². The number of carbonyl (C=O) groups excluding carboxylic acids is 1. The fourth-order valence-corrected chi connectivity index (χ4v) is 4.43. The Balaban J connectivity index is 1.32. The van der Waals surface area contributed by atoms with Crippen molar-refractivity contribution in [1.82, 2.24) is 14.9 Å². The second-order valence-electron chi connectivity index (χ2n) is 7.46. The number of rotatable bonds is 5. The Morgan fingerprint density at radius 3 is 2.73 bits per heavy atom. The van der Waals surface area contributed by atoms with Crippen molar-refractivity contribution in [2.24, 2.45) is 0 Å². The van der Waals surface area contributed by atoms with E-state index in [-0.39, 0.29) is 5.91 Å². The van der Waals surface area contributed by atoms with Crippen molar-refractivity contribution in [3.63, 3.8) is 0 Å². The second-order valence-corrected chi connectivity index (χ2v) is 8.76. The second kappa shape index (κ2) is 9.02. The summed E-state index contributed by atoms with van der Waals surface area (Å²) in [5.74, 6) is 0.873. The van der Waals surface area contributed by atoms with Gasteiger partial charge in [0.15, 0.2) is 5.13 Å². The lowest BCUT2D eigenvalue weighted by Crippen LogP contribution is -2.49. The van der Waals surface area contributed by atoms with Crippen molar-refractivity contribution < 1.29 is 4.79 Å². The number of amides is 1. The molecule has 0 radical (unpaired) electrons. The number of hydrogen-bond donors (Lipinski definition) is 1. The number of anilines is 3. The van der Waals surface area contributed by atoms with Crippen LogP contribution in [0.15, 0.2) is 41.9 Å². The van der Waals surface area contributed by atoms with Crippen LogP contribution in [-0.2, 0) is 11.2 Å². The molecule has 0 bridgehead atoms. The van der Waals surface area contributed by atoms with E-state index in [1.54, 1.807) is 6.20 Å². The predicted octanol–water partition coefficient (Wildman–Crippen LogP) is 4.44. The third-order valence-electron chi connectivity index (χ3n) is 5.18. The summed E-state index contributed by atoms with van der Waals surface area (Å²) in [4.78, 5) is 25.8. The minimum Gasteiger partial charge on any atom is -0.368 e. The molecular weight excluding hydrogens is 418 g/mol. The van der Waals surface area contributed by atoms with Crippen LogP contribution in [0.4, 0.5) is 16.6 Å². The number of carbonyl (C=O) groups is 1. The van der Waals surface area contributed by atoms with Gasteiger partial charge in [0.1, 0.15) is 5.82 Å². The van der Waals surface area contributed by atoms with Crippen molar-refractivity contribution in [1.29, 1.82) is 0 Å². The highest BCUT2D eigenvalue weighted by Crippen LogP contribution is 2.26. The van der Waals surface area contributed by atoms with E-state index in [0.29, 0.717) is 19.5 Å². The van der Waals surface area contributed by atoms with Crippen LogP contribution in [0.2, 0.25) is 5.02 Å². The molecule has 0 unspecified atom stereocenters. The van der Waals surface area contributed by atoms with Gasteiger partial charge in [-0.25, -0.2) is 9.97 Å². The zero-order valence-corrected chi connectivity index (χ0v) is 18.6. The molecule has 6 nitrogen and oxygen atoms in total. The Morgan fingerprint density at radius 2 is 1.97 bits per heavy atom. The average molecular weight is 442 g/mol. The highest BCUT2D eigenvalue weighted by atomic mass is 35.5. The molecule has 156 valence electrons. The first-order chi connectivity index (χ1) is 14.5. The van der Waals surface area contributed by atoms with Gasteiger partial charge in [-0.1, -0.05) is 17.7 Å². The van der Waals surface area contributed by atoms with Gasteiger partial charge in [0.2, 0.25) is 5.91 Å². The Morgan fingerprint density at radius 1 is 1.17 bits per heavy atom. The molecule has 1 fully saturated rings. The van der Waals surface area contributed by atoms with E-state index in [0.717, 1.165) is 46.0 Å². The molecule has 2 aromatic heterocycles. The number of aromatic nitrogens is 2. The van der Waals surface area contributed by atoms with Gasteiger partial charge in [-0.2, -0.15) is 0 Å². The summed E-state index contributed by atoms with van der Waals surface area (Å²) in [6.07, 6.45) is 2.08. The molecule has 1 aliphatic rings. The zero-order chi connectivity index (χ0) is 21.1. The first-order valence-corrected chi connectivity index (χ1v) is 11.2. The van der Waals surface area contributed by atoms with Gasteiger partial charge >= 0.3 is 0 Å². The number of nitrogens with one attached hydrogen (secondary N) is 1. The molecule has 4 rings (SSSR count).